The fourth-order valence-corrected chi connectivity index (χ4v) is 0.468. The second kappa shape index (κ2) is 2.91. The number of carbonyl (C=O) groups is 1. The van der Waals surface area contributed by atoms with Crippen LogP contribution in [0.15, 0.2) is 6.33 Å². The molecule has 1 aromatic rings. The second-order valence-corrected chi connectivity index (χ2v) is 1.53. The highest BCUT2D eigenvalue weighted by Gasteiger charge is 1.88. The summed E-state index contributed by atoms with van der Waals surface area (Å²) < 4.78 is 1.51. The topological polar surface area (TPSA) is 60.7 Å². The van der Waals surface area contributed by atoms with E-state index in [0.717, 1.165) is 6.29 Å². The van der Waals surface area contributed by atoms with Gasteiger partial charge in [-0.05, 0) is 10.4 Å². The summed E-state index contributed by atoms with van der Waals surface area (Å²) >= 11 is 0. The molecule has 0 atom stereocenters. The maximum Gasteiger partial charge on any atom is 0.138 e. The molecule has 0 spiro atoms. The van der Waals surface area contributed by atoms with Gasteiger partial charge in [0.05, 0.1) is 6.54 Å². The van der Waals surface area contributed by atoms with Gasteiger partial charge in [-0.1, -0.05) is 0 Å². The van der Waals surface area contributed by atoms with Crippen LogP contribution in [0.5, 0.6) is 0 Å². The van der Waals surface area contributed by atoms with Gasteiger partial charge in [0.25, 0.3) is 0 Å². The number of nitrogens with zero attached hydrogens (tertiary/aromatic N) is 4. The number of carbonyl (C=O) groups excluding carboxylic acids is 1. The number of hydrogen-bond donors (Lipinski definition) is 0. The predicted octanol–water partition coefficient (Wildman–Crippen LogP) is -0.738. The Balaban J connectivity index is 2.38. The third-order valence-electron chi connectivity index (χ3n) is 0.868. The zero-order valence-corrected chi connectivity index (χ0v) is 4.77. The van der Waals surface area contributed by atoms with Crippen molar-refractivity contribution in [2.24, 2.45) is 0 Å². The van der Waals surface area contributed by atoms with Gasteiger partial charge in [-0.3, -0.25) is 0 Å². The van der Waals surface area contributed by atoms with Gasteiger partial charge in [-0.15, -0.1) is 5.10 Å². The molecule has 0 saturated carbocycles. The van der Waals surface area contributed by atoms with Crippen LogP contribution in [0.25, 0.3) is 0 Å². The van der Waals surface area contributed by atoms with Crippen LogP contribution in [-0.4, -0.2) is 26.5 Å². The molecule has 0 bridgehead atoms. The number of aldehydes is 1. The Hall–Kier alpha value is -1.26. The third kappa shape index (κ3) is 1.60. The molecular weight excluding hydrogens is 120 g/mol. The minimum absolute atomic E-state index is 0.463. The van der Waals surface area contributed by atoms with Crippen molar-refractivity contribution >= 4 is 6.29 Å². The smallest absolute Gasteiger partial charge is 0.138 e. The van der Waals surface area contributed by atoms with Crippen LogP contribution in [0.3, 0.4) is 0 Å². The van der Waals surface area contributed by atoms with Crippen LogP contribution in [0, 0.1) is 0 Å². The zero-order valence-electron chi connectivity index (χ0n) is 4.77. The first-order valence-electron chi connectivity index (χ1n) is 2.58. The van der Waals surface area contributed by atoms with E-state index in [1.54, 1.807) is 0 Å². The Bertz CT molecular complexity index is 171. The van der Waals surface area contributed by atoms with Crippen molar-refractivity contribution in [3.8, 4) is 0 Å². The monoisotopic (exact) mass is 126 g/mol. The summed E-state index contributed by atoms with van der Waals surface area (Å²) in [6.45, 7) is 0.566. The molecule has 0 radical (unpaired) electrons. The van der Waals surface area contributed by atoms with Crippen LogP contribution in [0.2, 0.25) is 0 Å². The maximum absolute atomic E-state index is 9.82. The molecule has 5 heteroatoms. The van der Waals surface area contributed by atoms with Crippen molar-refractivity contribution in [2.75, 3.05) is 0 Å². The summed E-state index contributed by atoms with van der Waals surface area (Å²) in [6.07, 6.45) is 2.77. The number of rotatable bonds is 3. The first kappa shape index (κ1) is 5.87. The molecule has 9 heavy (non-hydrogen) atoms. The average Bonchev–Trinajstić information content (AvgIpc) is 2.34. The van der Waals surface area contributed by atoms with Crippen LogP contribution in [-0.2, 0) is 11.3 Å². The molecule has 0 aromatic carbocycles. The van der Waals surface area contributed by atoms with Crippen LogP contribution < -0.4 is 0 Å². The molecule has 0 saturated heterocycles. The molecule has 0 N–H and O–H groups in total. The third-order valence-corrected chi connectivity index (χ3v) is 0.868. The molecule has 0 unspecified atom stereocenters. The molecule has 1 heterocycles. The summed E-state index contributed by atoms with van der Waals surface area (Å²) in [6, 6.07) is 0. The van der Waals surface area contributed by atoms with Gasteiger partial charge < -0.3 is 4.79 Å². The predicted molar refractivity (Wildman–Crippen MR) is 28.5 cm³/mol. The van der Waals surface area contributed by atoms with Crippen LogP contribution in [0.4, 0.5) is 0 Å². The van der Waals surface area contributed by atoms with Crippen molar-refractivity contribution < 1.29 is 4.79 Å². The van der Waals surface area contributed by atoms with Gasteiger partial charge in [0.1, 0.15) is 12.6 Å². The van der Waals surface area contributed by atoms with Crippen molar-refractivity contribution in [3.63, 3.8) is 0 Å². The molecule has 1 aromatic heterocycles. The number of tetrazole rings is 1. The van der Waals surface area contributed by atoms with Gasteiger partial charge in [0.2, 0.25) is 0 Å². The van der Waals surface area contributed by atoms with Gasteiger partial charge in [-0.2, -0.15) is 0 Å². The van der Waals surface area contributed by atoms with E-state index in [1.807, 2.05) is 0 Å². The Morgan fingerprint density at radius 1 is 1.67 bits per heavy atom. The fourth-order valence-electron chi connectivity index (χ4n) is 0.468. The van der Waals surface area contributed by atoms with Crippen LogP contribution in [0.1, 0.15) is 6.42 Å². The van der Waals surface area contributed by atoms with Gasteiger partial charge in [0.15, 0.2) is 0 Å². The van der Waals surface area contributed by atoms with Crippen molar-refractivity contribution in [2.45, 2.75) is 13.0 Å². The lowest BCUT2D eigenvalue weighted by Gasteiger charge is -1.88. The minimum Gasteiger partial charge on any atom is -0.303 e. The number of hydrogen-bond acceptors (Lipinski definition) is 4. The lowest BCUT2D eigenvalue weighted by Crippen LogP contribution is -1.98. The van der Waals surface area contributed by atoms with Gasteiger partial charge in [-0.25, -0.2) is 4.68 Å². The standard InChI is InChI=1S/C4H6N4O/c9-3-1-2-8-4-5-6-7-8/h3-4H,1-2H2. The maximum atomic E-state index is 9.82. The number of aromatic nitrogens is 4. The summed E-state index contributed by atoms with van der Waals surface area (Å²) in [5.74, 6) is 0. The lowest BCUT2D eigenvalue weighted by atomic mass is 10.5. The quantitative estimate of drug-likeness (QED) is 0.500. The molecule has 48 valence electrons. The molecule has 0 amide bonds. The van der Waals surface area contributed by atoms with E-state index >= 15 is 0 Å². The largest absolute Gasteiger partial charge is 0.303 e. The molecule has 0 aliphatic rings. The average molecular weight is 126 g/mol. The Morgan fingerprint density at radius 3 is 3.11 bits per heavy atom. The van der Waals surface area contributed by atoms with E-state index in [2.05, 4.69) is 15.5 Å². The Morgan fingerprint density at radius 2 is 2.56 bits per heavy atom. The van der Waals surface area contributed by atoms with Crippen molar-refractivity contribution in [1.29, 1.82) is 0 Å². The summed E-state index contributed by atoms with van der Waals surface area (Å²) in [7, 11) is 0. The van der Waals surface area contributed by atoms with Crippen molar-refractivity contribution in [3.05, 3.63) is 6.33 Å². The van der Waals surface area contributed by atoms with E-state index in [1.165, 1.54) is 11.0 Å². The summed E-state index contributed by atoms with van der Waals surface area (Å²) in [4.78, 5) is 9.82. The molecule has 5 nitrogen and oxygen atoms in total. The SMILES string of the molecule is O=CCCn1cnnn1. The Labute approximate surface area is 51.7 Å². The fraction of sp³-hybridized carbons (Fsp3) is 0.500. The summed E-state index contributed by atoms with van der Waals surface area (Å²) in [5.41, 5.74) is 0. The number of aryl methyl sites for hydroxylation is 1. The Kier molecular flexibility index (Phi) is 1.90. The first-order chi connectivity index (χ1) is 4.43. The zero-order chi connectivity index (χ0) is 6.53. The second-order valence-electron chi connectivity index (χ2n) is 1.53. The van der Waals surface area contributed by atoms with E-state index in [4.69, 9.17) is 0 Å². The van der Waals surface area contributed by atoms with E-state index in [0.29, 0.717) is 13.0 Å². The normalized spacial score (nSPS) is 9.33. The van der Waals surface area contributed by atoms with Gasteiger partial charge in [0, 0.05) is 6.42 Å². The highest BCUT2D eigenvalue weighted by molar-refractivity contribution is 5.48. The van der Waals surface area contributed by atoms with Crippen LogP contribution >= 0.6 is 0 Å². The minimum atomic E-state index is 0.463. The highest BCUT2D eigenvalue weighted by atomic mass is 16.1. The molecule has 0 aliphatic carbocycles. The highest BCUT2D eigenvalue weighted by Crippen LogP contribution is 1.79. The van der Waals surface area contributed by atoms with E-state index in [-0.39, 0.29) is 0 Å². The summed E-state index contributed by atoms with van der Waals surface area (Å²) in [5, 5.41) is 10.3. The molecule has 0 aliphatic heterocycles. The van der Waals surface area contributed by atoms with Gasteiger partial charge >= 0.3 is 0 Å². The van der Waals surface area contributed by atoms with E-state index in [9.17, 15) is 4.79 Å². The molecule has 0 fully saturated rings. The first-order valence-corrected chi connectivity index (χ1v) is 2.58. The lowest BCUT2D eigenvalue weighted by molar-refractivity contribution is -0.108. The van der Waals surface area contributed by atoms with E-state index < -0.39 is 0 Å². The van der Waals surface area contributed by atoms with Crippen molar-refractivity contribution in [1.82, 2.24) is 20.2 Å². The molecular formula is C4H6N4O. The molecule has 1 rings (SSSR count).